The molecule has 0 atom stereocenters. The second-order valence-corrected chi connectivity index (χ2v) is 25.6. The van der Waals surface area contributed by atoms with Gasteiger partial charge in [0.15, 0.2) is 34.9 Å². The molecule has 0 unspecified atom stereocenters. The smallest absolute Gasteiger partial charge is 0.182 e. The first-order chi connectivity index (χ1) is 49.5. The van der Waals surface area contributed by atoms with E-state index in [4.69, 9.17) is 49.3 Å². The van der Waals surface area contributed by atoms with Crippen LogP contribution >= 0.6 is 0 Å². The van der Waals surface area contributed by atoms with Gasteiger partial charge in [-0.1, -0.05) is 237 Å². The summed E-state index contributed by atoms with van der Waals surface area (Å²) in [5.74, 6) is 6.30. The number of benzene rings is 12. The van der Waals surface area contributed by atoms with Crippen LogP contribution in [-0.2, 0) is 10.8 Å². The van der Waals surface area contributed by atoms with Crippen LogP contribution in [0.1, 0.15) is 44.5 Å². The van der Waals surface area contributed by atoms with Gasteiger partial charge in [-0.15, -0.1) is 0 Å². The van der Waals surface area contributed by atoms with Crippen molar-refractivity contribution in [2.24, 2.45) is 0 Å². The molecule has 2 spiro atoms. The molecule has 6 heterocycles. The maximum absolute atomic E-state index is 6.84. The summed E-state index contributed by atoms with van der Waals surface area (Å²) < 4.78 is 13.6. The Morgan fingerprint density at radius 2 is 0.560 bits per heavy atom. The Balaban J connectivity index is 0.670. The first kappa shape index (κ1) is 56.9. The number of para-hydroxylation sites is 2. The number of hydrogen-bond donors (Lipinski definition) is 0. The quantitative estimate of drug-likeness (QED) is 0.138. The molecule has 466 valence electrons. The van der Waals surface area contributed by atoms with Crippen LogP contribution in [0.5, 0.6) is 23.0 Å². The number of aromatic nitrogens is 8. The zero-order valence-electron chi connectivity index (χ0n) is 53.6. The largest absolute Gasteiger partial charge is 0.457 e. The summed E-state index contributed by atoms with van der Waals surface area (Å²) in [5, 5.41) is 0. The summed E-state index contributed by atoms with van der Waals surface area (Å²) in [6.07, 6.45) is 1.84. The fourth-order valence-corrected chi connectivity index (χ4v) is 15.9. The highest BCUT2D eigenvalue weighted by atomic mass is 16.5. The average Bonchev–Trinajstić information content (AvgIpc) is 1.48. The Kier molecular flexibility index (Phi) is 12.8. The summed E-state index contributed by atoms with van der Waals surface area (Å²) >= 11 is 0. The fourth-order valence-electron chi connectivity index (χ4n) is 15.9. The molecule has 0 bridgehead atoms. The molecule has 0 saturated heterocycles. The van der Waals surface area contributed by atoms with Gasteiger partial charge in [-0.25, -0.2) is 34.9 Å². The van der Waals surface area contributed by atoms with Gasteiger partial charge < -0.3 is 9.47 Å². The molecule has 10 heteroatoms. The zero-order chi connectivity index (χ0) is 65.9. The van der Waals surface area contributed by atoms with E-state index >= 15 is 0 Å². The molecule has 4 aromatic heterocycles. The molecule has 100 heavy (non-hydrogen) atoms. The van der Waals surface area contributed by atoms with Gasteiger partial charge in [0.2, 0.25) is 0 Å². The molecule has 2 aliphatic carbocycles. The van der Waals surface area contributed by atoms with Gasteiger partial charge in [0, 0.05) is 67.4 Å². The standard InChI is InChI=1S/C90H54N8O2/c1-3-23-55(24-4-1)83-93-85(96-87(95-83)67-35-22-50-91-82(67)60-47-49-81-75(54-60)90(73-41-16-18-45-79(73)100-81)70-38-13-9-33-65(70)66-34-10-14-39-71(66)90)61-29-19-27-57(51-61)58-28-20-30-62(52-58)86-94-84(56-25-5-2-6-26-56)97-88(98-86)77-43-21-42-76(92-77)59-46-48-80-74(53-59)89(72-40-15-17-44-78(72)99-80)68-36-11-7-31-63(68)64-32-8-12-37-69(64)89/h1-54H. The van der Waals surface area contributed by atoms with E-state index in [1.807, 2.05) is 115 Å². The lowest BCUT2D eigenvalue weighted by molar-refractivity contribution is 0.436. The third kappa shape index (κ3) is 8.76. The van der Waals surface area contributed by atoms with Crippen molar-refractivity contribution in [1.29, 1.82) is 0 Å². The molecular weight excluding hydrogens is 1230 g/mol. The van der Waals surface area contributed by atoms with Gasteiger partial charge in [0.1, 0.15) is 28.7 Å². The van der Waals surface area contributed by atoms with Crippen LogP contribution in [0.4, 0.5) is 0 Å². The summed E-state index contributed by atoms with van der Waals surface area (Å²) in [5.41, 5.74) is 22.7. The van der Waals surface area contributed by atoms with E-state index < -0.39 is 10.8 Å². The van der Waals surface area contributed by atoms with Crippen molar-refractivity contribution in [3.05, 3.63) is 372 Å². The third-order valence-electron chi connectivity index (χ3n) is 20.2. The van der Waals surface area contributed by atoms with Crippen molar-refractivity contribution >= 4 is 0 Å². The maximum atomic E-state index is 6.84. The minimum absolute atomic E-state index is 0.445. The highest BCUT2D eigenvalue weighted by Crippen LogP contribution is 2.64. The van der Waals surface area contributed by atoms with E-state index in [1.165, 1.54) is 44.5 Å². The number of ether oxygens (including phenoxy) is 2. The van der Waals surface area contributed by atoms with Gasteiger partial charge in [-0.2, -0.15) is 0 Å². The lowest BCUT2D eigenvalue weighted by Crippen LogP contribution is -2.32. The van der Waals surface area contributed by atoms with Gasteiger partial charge in [0.05, 0.1) is 22.2 Å². The van der Waals surface area contributed by atoms with Crippen molar-refractivity contribution in [3.63, 3.8) is 0 Å². The zero-order valence-corrected chi connectivity index (χ0v) is 53.6. The topological polar surface area (TPSA) is 122 Å². The molecule has 2 aliphatic heterocycles. The minimum atomic E-state index is -0.656. The molecule has 20 rings (SSSR count). The Hall–Kier alpha value is -13.4. The Morgan fingerprint density at radius 1 is 0.200 bits per heavy atom. The number of nitrogens with zero attached hydrogens (tertiary/aromatic N) is 8. The number of hydrogen-bond acceptors (Lipinski definition) is 10. The normalized spacial score (nSPS) is 13.3. The molecule has 0 fully saturated rings. The van der Waals surface area contributed by atoms with Crippen LogP contribution < -0.4 is 9.47 Å². The van der Waals surface area contributed by atoms with Crippen molar-refractivity contribution in [1.82, 2.24) is 39.9 Å². The molecule has 0 radical (unpaired) electrons. The van der Waals surface area contributed by atoms with Crippen molar-refractivity contribution in [2.75, 3.05) is 0 Å². The van der Waals surface area contributed by atoms with Crippen LogP contribution in [0.3, 0.4) is 0 Å². The van der Waals surface area contributed by atoms with Gasteiger partial charge >= 0.3 is 0 Å². The molecular formula is C90H54N8O2. The van der Waals surface area contributed by atoms with Crippen molar-refractivity contribution in [3.8, 4) is 147 Å². The molecule has 12 aromatic carbocycles. The monoisotopic (exact) mass is 1280 g/mol. The number of pyridine rings is 2. The van der Waals surface area contributed by atoms with Crippen LogP contribution in [0, 0.1) is 0 Å². The SMILES string of the molecule is c1ccc(-c2nc(-c3cccc(-c4cccc(-c5nc(-c6ccccc6)nc(-c6cccnc6-c6ccc7c(c6)C6(c8ccccc8O7)c7ccccc7-c7ccccc76)n5)c4)c3)nc(-c3cccc(-c4ccc5c(c4)C4(c6ccccc6O5)c5ccccc5-c5ccccc54)n3)n2)cc1. The van der Waals surface area contributed by atoms with E-state index in [9.17, 15) is 0 Å². The second-order valence-electron chi connectivity index (χ2n) is 25.6. The van der Waals surface area contributed by atoms with Gasteiger partial charge in [-0.05, 0) is 141 Å². The Morgan fingerprint density at radius 3 is 1.07 bits per heavy atom. The lowest BCUT2D eigenvalue weighted by atomic mass is 9.66. The summed E-state index contributed by atoms with van der Waals surface area (Å²) in [7, 11) is 0. The highest BCUT2D eigenvalue weighted by Gasteiger charge is 2.53. The molecule has 16 aromatic rings. The molecule has 0 saturated carbocycles. The lowest BCUT2D eigenvalue weighted by Gasteiger charge is -2.39. The summed E-state index contributed by atoms with van der Waals surface area (Å²) in [6, 6.07) is 112. The average molecular weight is 1280 g/mol. The predicted octanol–water partition coefficient (Wildman–Crippen LogP) is 20.8. The summed E-state index contributed by atoms with van der Waals surface area (Å²) in [4.78, 5) is 42.0. The van der Waals surface area contributed by atoms with E-state index in [1.54, 1.807) is 0 Å². The summed E-state index contributed by atoms with van der Waals surface area (Å²) in [6.45, 7) is 0. The van der Waals surface area contributed by atoms with Crippen molar-refractivity contribution in [2.45, 2.75) is 10.8 Å². The van der Waals surface area contributed by atoms with Crippen LogP contribution in [0.25, 0.3) is 124 Å². The van der Waals surface area contributed by atoms with Crippen LogP contribution in [0.15, 0.2) is 328 Å². The van der Waals surface area contributed by atoms with Crippen LogP contribution in [-0.4, -0.2) is 39.9 Å². The predicted molar refractivity (Wildman–Crippen MR) is 392 cm³/mol. The Bertz CT molecular complexity index is 5940. The molecule has 10 nitrogen and oxygen atoms in total. The highest BCUT2D eigenvalue weighted by molar-refractivity contribution is 5.92. The molecule has 4 aliphatic rings. The maximum Gasteiger partial charge on any atom is 0.182 e. The van der Waals surface area contributed by atoms with E-state index in [-0.39, 0.29) is 0 Å². The second kappa shape index (κ2) is 22.6. The minimum Gasteiger partial charge on any atom is -0.457 e. The van der Waals surface area contributed by atoms with Gasteiger partial charge in [-0.3, -0.25) is 4.98 Å². The van der Waals surface area contributed by atoms with Crippen LogP contribution in [0.2, 0.25) is 0 Å². The first-order valence-corrected chi connectivity index (χ1v) is 33.5. The number of rotatable bonds is 9. The molecule has 0 amide bonds. The van der Waals surface area contributed by atoms with E-state index in [0.29, 0.717) is 40.6 Å². The number of fused-ring (bicyclic) bond motifs is 18. The fraction of sp³-hybridized carbons (Fsp3) is 0.0222. The molecule has 0 N–H and O–H groups in total. The Labute approximate surface area is 576 Å². The van der Waals surface area contributed by atoms with E-state index in [2.05, 4.69) is 212 Å². The first-order valence-electron chi connectivity index (χ1n) is 33.5. The van der Waals surface area contributed by atoms with E-state index in [0.717, 1.165) is 107 Å². The van der Waals surface area contributed by atoms with Crippen molar-refractivity contribution < 1.29 is 9.47 Å². The third-order valence-corrected chi connectivity index (χ3v) is 20.2. The van der Waals surface area contributed by atoms with Gasteiger partial charge in [0.25, 0.3) is 0 Å².